The zero-order valence-corrected chi connectivity index (χ0v) is 12.1. The Morgan fingerprint density at radius 1 is 1.10 bits per heavy atom. The molecule has 0 bridgehead atoms. The number of benzene rings is 1. The first-order chi connectivity index (χ1) is 9.25. The van der Waals surface area contributed by atoms with Gasteiger partial charge in [0.2, 0.25) is 0 Å². The van der Waals surface area contributed by atoms with Gasteiger partial charge in [0.1, 0.15) is 5.82 Å². The van der Waals surface area contributed by atoms with Crippen molar-refractivity contribution in [2.24, 2.45) is 0 Å². The van der Waals surface area contributed by atoms with Gasteiger partial charge >= 0.3 is 13.3 Å². The van der Waals surface area contributed by atoms with E-state index in [1.807, 2.05) is 0 Å². The van der Waals surface area contributed by atoms with E-state index in [4.69, 9.17) is 4.65 Å². The van der Waals surface area contributed by atoms with Gasteiger partial charge in [0.25, 0.3) is 0 Å². The molecule has 0 amide bonds. The molecule has 0 aliphatic heterocycles. The van der Waals surface area contributed by atoms with Crippen molar-refractivity contribution in [1.82, 2.24) is 0 Å². The third kappa shape index (κ3) is 4.18. The quantitative estimate of drug-likeness (QED) is 0.661. The number of halogens is 4. The second-order valence-electron chi connectivity index (χ2n) is 5.78. The summed E-state index contributed by atoms with van der Waals surface area (Å²) in [4.78, 5) is 0. The molecule has 1 aromatic rings. The minimum absolute atomic E-state index is 0.169. The van der Waals surface area contributed by atoms with Gasteiger partial charge < -0.3 is 14.8 Å². The summed E-state index contributed by atoms with van der Waals surface area (Å²) in [6.45, 7) is 5.90. The maximum Gasteiger partial charge on any atom is 0.491 e. The van der Waals surface area contributed by atoms with Crippen LogP contribution in [0.5, 0.6) is 0 Å². The average Bonchev–Trinajstić information content (AvgIpc) is 2.24. The first-order valence-electron chi connectivity index (χ1n) is 6.20. The molecule has 3 nitrogen and oxygen atoms in total. The third-order valence-corrected chi connectivity index (χ3v) is 3.46. The van der Waals surface area contributed by atoms with E-state index >= 15 is 0 Å². The monoisotopic (exact) mass is 308 g/mol. The smallest absolute Gasteiger partial charge is 0.423 e. The summed E-state index contributed by atoms with van der Waals surface area (Å²) >= 11 is 0. The van der Waals surface area contributed by atoms with Crippen LogP contribution in [0.2, 0.25) is 0 Å². The molecular formula is C13H17BF4O3. The van der Waals surface area contributed by atoms with Crippen LogP contribution in [0, 0.1) is 5.82 Å². The summed E-state index contributed by atoms with van der Waals surface area (Å²) in [7, 11) is -1.66. The van der Waals surface area contributed by atoms with E-state index in [0.29, 0.717) is 12.1 Å². The molecule has 0 unspecified atom stereocenters. The number of rotatable bonds is 4. The Bertz CT molecular complexity index is 509. The number of alkyl halides is 3. The summed E-state index contributed by atoms with van der Waals surface area (Å²) in [5.41, 5.74) is -4.11. The summed E-state index contributed by atoms with van der Waals surface area (Å²) in [5.74, 6) is -1.50. The molecular weight excluding hydrogens is 291 g/mol. The molecule has 1 aromatic carbocycles. The maximum absolute atomic E-state index is 13.4. The Morgan fingerprint density at radius 3 is 2.00 bits per heavy atom. The fourth-order valence-corrected chi connectivity index (χ4v) is 1.41. The zero-order chi connectivity index (χ0) is 16.6. The van der Waals surface area contributed by atoms with E-state index < -0.39 is 35.9 Å². The molecule has 0 aromatic heterocycles. The van der Waals surface area contributed by atoms with E-state index in [2.05, 4.69) is 0 Å². The molecule has 21 heavy (non-hydrogen) atoms. The van der Waals surface area contributed by atoms with E-state index in [0.717, 1.165) is 6.07 Å². The Balaban J connectivity index is 3.00. The van der Waals surface area contributed by atoms with Crippen LogP contribution in [0.3, 0.4) is 0 Å². The van der Waals surface area contributed by atoms with Gasteiger partial charge in [-0.15, -0.1) is 0 Å². The minimum Gasteiger partial charge on any atom is -0.423 e. The van der Waals surface area contributed by atoms with Crippen molar-refractivity contribution in [2.75, 3.05) is 0 Å². The molecule has 0 spiro atoms. The molecule has 0 heterocycles. The lowest BCUT2D eigenvalue weighted by molar-refractivity contribution is -0.139. The van der Waals surface area contributed by atoms with Gasteiger partial charge in [-0.2, -0.15) is 13.2 Å². The number of hydrogen-bond donors (Lipinski definition) is 2. The Kier molecular flexibility index (Phi) is 4.77. The third-order valence-electron chi connectivity index (χ3n) is 3.46. The largest absolute Gasteiger partial charge is 0.491 e. The minimum atomic E-state index is -4.80. The predicted molar refractivity (Wildman–Crippen MR) is 70.5 cm³/mol. The lowest BCUT2D eigenvalue weighted by atomic mass is 9.76. The van der Waals surface area contributed by atoms with Crippen LogP contribution in [-0.4, -0.2) is 28.5 Å². The first kappa shape index (κ1) is 17.9. The van der Waals surface area contributed by atoms with Crippen LogP contribution >= 0.6 is 0 Å². The average molecular weight is 308 g/mol. The maximum atomic E-state index is 13.4. The zero-order valence-electron chi connectivity index (χ0n) is 12.1. The second-order valence-corrected chi connectivity index (χ2v) is 5.78. The van der Waals surface area contributed by atoms with Crippen molar-refractivity contribution < 1.29 is 32.3 Å². The van der Waals surface area contributed by atoms with E-state index in [1.54, 1.807) is 0 Å². The van der Waals surface area contributed by atoms with Crippen LogP contribution in [0.4, 0.5) is 17.6 Å². The first-order valence-corrected chi connectivity index (χ1v) is 6.20. The molecule has 2 N–H and O–H groups in total. The number of hydrogen-bond acceptors (Lipinski definition) is 3. The molecule has 1 rings (SSSR count). The molecule has 0 aliphatic rings. The van der Waals surface area contributed by atoms with Crippen LogP contribution in [0.25, 0.3) is 0 Å². The Morgan fingerprint density at radius 2 is 1.62 bits per heavy atom. The van der Waals surface area contributed by atoms with Crippen molar-refractivity contribution in [3.8, 4) is 0 Å². The molecule has 8 heteroatoms. The van der Waals surface area contributed by atoms with Gasteiger partial charge in [-0.25, -0.2) is 4.39 Å². The highest BCUT2D eigenvalue weighted by Crippen LogP contribution is 2.31. The van der Waals surface area contributed by atoms with Gasteiger partial charge in [0, 0.05) is 0 Å². The summed E-state index contributed by atoms with van der Waals surface area (Å²) in [6, 6.07) is 2.03. The Hall–Kier alpha value is -1.12. The van der Waals surface area contributed by atoms with Crippen molar-refractivity contribution in [2.45, 2.75) is 45.1 Å². The van der Waals surface area contributed by atoms with Crippen molar-refractivity contribution in [3.05, 3.63) is 29.6 Å². The van der Waals surface area contributed by atoms with Crippen LogP contribution in [0.1, 0.15) is 33.3 Å². The molecule has 0 aliphatic carbocycles. The Labute approximate surface area is 120 Å². The summed E-state index contributed by atoms with van der Waals surface area (Å²) in [6.07, 6.45) is -4.80. The summed E-state index contributed by atoms with van der Waals surface area (Å²) in [5, 5.41) is 19.7. The standard InChI is InChI=1S/C13H17BF4O3/c1-11(2,19)12(3,4)21-14(20)8-5-6-9(10(15)7-8)13(16,17)18/h5-7,19-20H,1-4H3. The lowest BCUT2D eigenvalue weighted by Crippen LogP contribution is -2.53. The fourth-order valence-electron chi connectivity index (χ4n) is 1.41. The van der Waals surface area contributed by atoms with Gasteiger partial charge in [0.15, 0.2) is 0 Å². The normalized spacial score (nSPS) is 13.4. The van der Waals surface area contributed by atoms with Crippen molar-refractivity contribution >= 4 is 12.6 Å². The van der Waals surface area contributed by atoms with Gasteiger partial charge in [-0.1, -0.05) is 6.07 Å². The van der Waals surface area contributed by atoms with Gasteiger partial charge in [-0.3, -0.25) is 0 Å². The SMILES string of the molecule is CC(C)(O)C(C)(C)OB(O)c1ccc(C(F)(F)F)c(F)c1. The van der Waals surface area contributed by atoms with Crippen LogP contribution in [0.15, 0.2) is 18.2 Å². The highest BCUT2D eigenvalue weighted by atomic mass is 19.4. The molecule has 0 radical (unpaired) electrons. The molecule has 0 fully saturated rings. The molecule has 0 atom stereocenters. The highest BCUT2D eigenvalue weighted by Gasteiger charge is 2.40. The second kappa shape index (κ2) is 5.59. The predicted octanol–water partition coefficient (Wildman–Crippen LogP) is 2.10. The van der Waals surface area contributed by atoms with Crippen molar-refractivity contribution in [3.63, 3.8) is 0 Å². The summed E-state index contributed by atoms with van der Waals surface area (Å²) < 4.78 is 56.0. The highest BCUT2D eigenvalue weighted by molar-refractivity contribution is 6.60. The van der Waals surface area contributed by atoms with Crippen molar-refractivity contribution in [1.29, 1.82) is 0 Å². The van der Waals surface area contributed by atoms with E-state index in [-0.39, 0.29) is 5.46 Å². The molecule has 0 saturated heterocycles. The van der Waals surface area contributed by atoms with E-state index in [1.165, 1.54) is 27.7 Å². The lowest BCUT2D eigenvalue weighted by Gasteiger charge is -2.38. The van der Waals surface area contributed by atoms with Gasteiger partial charge in [0.05, 0.1) is 16.8 Å². The van der Waals surface area contributed by atoms with Crippen LogP contribution < -0.4 is 5.46 Å². The van der Waals surface area contributed by atoms with Gasteiger partial charge in [-0.05, 0) is 45.3 Å². The molecule has 118 valence electrons. The number of aliphatic hydroxyl groups is 1. The fraction of sp³-hybridized carbons (Fsp3) is 0.538. The topological polar surface area (TPSA) is 49.7 Å². The van der Waals surface area contributed by atoms with E-state index in [9.17, 15) is 27.7 Å². The van der Waals surface area contributed by atoms with Crippen LogP contribution in [-0.2, 0) is 10.8 Å². The molecule has 0 saturated carbocycles.